The van der Waals surface area contributed by atoms with E-state index in [0.29, 0.717) is 6.42 Å². The van der Waals surface area contributed by atoms with Gasteiger partial charge in [-0.15, -0.1) is 11.8 Å². The molecule has 1 aliphatic heterocycles. The van der Waals surface area contributed by atoms with Gasteiger partial charge < -0.3 is 5.32 Å². The second-order valence-corrected chi connectivity index (χ2v) is 8.82. The quantitative estimate of drug-likeness (QED) is 0.861. The van der Waals surface area contributed by atoms with Crippen LogP contribution >= 0.6 is 11.8 Å². The average Bonchev–Trinajstić information content (AvgIpc) is 2.71. The highest BCUT2D eigenvalue weighted by atomic mass is 32.2. The molecule has 1 amide bonds. The Morgan fingerprint density at radius 2 is 2.00 bits per heavy atom. The minimum absolute atomic E-state index is 0.0701. The Morgan fingerprint density at radius 1 is 1.35 bits per heavy atom. The zero-order valence-corrected chi connectivity index (χ0v) is 13.3. The van der Waals surface area contributed by atoms with E-state index in [1.54, 1.807) is 0 Å². The highest BCUT2D eigenvalue weighted by Gasteiger charge is 2.30. The van der Waals surface area contributed by atoms with E-state index in [9.17, 15) is 13.2 Å². The summed E-state index contributed by atoms with van der Waals surface area (Å²) in [5.74, 6) is 0.149. The molecule has 1 fully saturated rings. The molecule has 1 aromatic carbocycles. The molecule has 0 bridgehead atoms. The van der Waals surface area contributed by atoms with Crippen LogP contribution in [-0.2, 0) is 14.6 Å². The van der Waals surface area contributed by atoms with Crippen LogP contribution < -0.4 is 5.32 Å². The van der Waals surface area contributed by atoms with Gasteiger partial charge in [0.05, 0.1) is 16.8 Å². The number of amides is 1. The van der Waals surface area contributed by atoms with Gasteiger partial charge in [0, 0.05) is 10.9 Å². The number of carbonyl (C=O) groups is 1. The third-order valence-electron chi connectivity index (χ3n) is 3.28. The molecular weight excluding hydrogens is 294 g/mol. The van der Waals surface area contributed by atoms with E-state index in [-0.39, 0.29) is 28.7 Å². The Hall–Kier alpha value is -1.01. The molecule has 6 heteroatoms. The van der Waals surface area contributed by atoms with Crippen LogP contribution in [-0.4, -0.2) is 37.1 Å². The molecule has 1 heterocycles. The predicted molar refractivity (Wildman–Crippen MR) is 81.7 cm³/mol. The van der Waals surface area contributed by atoms with E-state index in [4.69, 9.17) is 0 Å². The lowest BCUT2D eigenvalue weighted by atomic mass is 10.2. The summed E-state index contributed by atoms with van der Waals surface area (Å²) < 4.78 is 22.7. The minimum atomic E-state index is -2.95. The number of sulfone groups is 1. The smallest absolute Gasteiger partial charge is 0.233 e. The Morgan fingerprint density at radius 3 is 2.55 bits per heavy atom. The van der Waals surface area contributed by atoms with Gasteiger partial charge >= 0.3 is 0 Å². The van der Waals surface area contributed by atoms with Crippen molar-refractivity contribution in [2.75, 3.05) is 11.5 Å². The third-order valence-corrected chi connectivity index (χ3v) is 6.16. The van der Waals surface area contributed by atoms with E-state index >= 15 is 0 Å². The summed E-state index contributed by atoms with van der Waals surface area (Å²) in [7, 11) is -2.95. The normalized spacial score (nSPS) is 22.4. The number of thioether (sulfide) groups is 1. The van der Waals surface area contributed by atoms with E-state index in [1.807, 2.05) is 38.1 Å². The Balaban J connectivity index is 1.88. The summed E-state index contributed by atoms with van der Waals surface area (Å²) in [5, 5.41) is 2.59. The van der Waals surface area contributed by atoms with Gasteiger partial charge in [0.2, 0.25) is 5.91 Å². The Bertz CT molecular complexity index is 581. The van der Waals surface area contributed by atoms with Crippen LogP contribution in [0.3, 0.4) is 0 Å². The summed E-state index contributed by atoms with van der Waals surface area (Å²) in [4.78, 5) is 13.1. The zero-order valence-electron chi connectivity index (χ0n) is 11.6. The third kappa shape index (κ3) is 4.24. The molecule has 1 aliphatic rings. The van der Waals surface area contributed by atoms with Crippen molar-refractivity contribution >= 4 is 27.5 Å². The maximum absolute atomic E-state index is 12.1. The van der Waals surface area contributed by atoms with E-state index in [0.717, 1.165) is 4.90 Å². The van der Waals surface area contributed by atoms with E-state index < -0.39 is 9.84 Å². The second kappa shape index (κ2) is 6.18. The monoisotopic (exact) mass is 313 g/mol. The number of rotatable bonds is 4. The molecule has 0 radical (unpaired) electrons. The van der Waals surface area contributed by atoms with Crippen LogP contribution in [0.1, 0.15) is 18.9 Å². The summed E-state index contributed by atoms with van der Waals surface area (Å²) in [6.45, 7) is 3.86. The summed E-state index contributed by atoms with van der Waals surface area (Å²) in [5.41, 5.74) is 1.18. The molecular formula is C14H19NO3S2. The van der Waals surface area contributed by atoms with Crippen molar-refractivity contribution in [3.8, 4) is 0 Å². The molecule has 1 aromatic rings. The molecule has 20 heavy (non-hydrogen) atoms. The van der Waals surface area contributed by atoms with Gasteiger partial charge in [-0.25, -0.2) is 8.42 Å². The number of hydrogen-bond acceptors (Lipinski definition) is 4. The maximum Gasteiger partial charge on any atom is 0.233 e. The second-order valence-electron chi connectivity index (χ2n) is 5.18. The fourth-order valence-corrected chi connectivity index (χ4v) is 4.65. The summed E-state index contributed by atoms with van der Waals surface area (Å²) in [6.07, 6.45) is 0.524. The zero-order chi connectivity index (χ0) is 14.8. The first-order valence-corrected chi connectivity index (χ1v) is 9.30. The Kier molecular flexibility index (Phi) is 4.75. The highest BCUT2D eigenvalue weighted by molar-refractivity contribution is 8.00. The first-order chi connectivity index (χ1) is 9.35. The minimum Gasteiger partial charge on any atom is -0.351 e. The molecule has 0 spiro atoms. The van der Waals surface area contributed by atoms with Gasteiger partial charge in [-0.05, 0) is 32.4 Å². The lowest BCUT2D eigenvalue weighted by Crippen LogP contribution is -2.39. The van der Waals surface area contributed by atoms with Crippen molar-refractivity contribution in [2.24, 2.45) is 0 Å². The van der Waals surface area contributed by atoms with Crippen molar-refractivity contribution in [1.29, 1.82) is 0 Å². The van der Waals surface area contributed by atoms with Crippen molar-refractivity contribution in [3.63, 3.8) is 0 Å². The Labute approximate surface area is 124 Å². The number of nitrogens with one attached hydrogen (secondary N) is 1. The highest BCUT2D eigenvalue weighted by Crippen LogP contribution is 2.24. The fourth-order valence-electron chi connectivity index (χ4n) is 2.10. The largest absolute Gasteiger partial charge is 0.351 e. The molecule has 4 nitrogen and oxygen atoms in total. The number of hydrogen-bond donors (Lipinski definition) is 1. The first-order valence-electron chi connectivity index (χ1n) is 6.60. The molecule has 2 atom stereocenters. The molecule has 0 saturated carbocycles. The molecule has 0 aliphatic carbocycles. The van der Waals surface area contributed by atoms with Crippen LogP contribution in [0.5, 0.6) is 0 Å². The molecule has 0 aromatic heterocycles. The average molecular weight is 313 g/mol. The standard InChI is InChI=1S/C14H19NO3S2/c1-10-3-5-13(6-4-10)19-11(2)14(16)15-12-7-8-20(17,18)9-12/h3-6,11-12H,7-9H2,1-2H3,(H,15,16)/t11-,12-/m1/s1. The number of benzene rings is 1. The molecule has 110 valence electrons. The van der Waals surface area contributed by atoms with Crippen LogP contribution in [0, 0.1) is 6.92 Å². The maximum atomic E-state index is 12.1. The van der Waals surface area contributed by atoms with Gasteiger partial charge in [0.25, 0.3) is 0 Å². The first kappa shape index (κ1) is 15.4. The van der Waals surface area contributed by atoms with Gasteiger partial charge in [0.15, 0.2) is 9.84 Å². The van der Waals surface area contributed by atoms with Crippen molar-refractivity contribution in [3.05, 3.63) is 29.8 Å². The van der Waals surface area contributed by atoms with Crippen molar-refractivity contribution in [1.82, 2.24) is 5.32 Å². The number of carbonyl (C=O) groups excluding carboxylic acids is 1. The van der Waals surface area contributed by atoms with Crippen molar-refractivity contribution < 1.29 is 13.2 Å². The lowest BCUT2D eigenvalue weighted by Gasteiger charge is -2.15. The van der Waals surface area contributed by atoms with Gasteiger partial charge in [-0.2, -0.15) is 0 Å². The lowest BCUT2D eigenvalue weighted by molar-refractivity contribution is -0.120. The van der Waals surface area contributed by atoms with Crippen LogP contribution in [0.15, 0.2) is 29.2 Å². The van der Waals surface area contributed by atoms with E-state index in [2.05, 4.69) is 5.32 Å². The summed E-state index contributed by atoms with van der Waals surface area (Å²) in [6, 6.07) is 7.77. The molecule has 1 N–H and O–H groups in total. The molecule has 0 unspecified atom stereocenters. The number of aryl methyl sites for hydroxylation is 1. The predicted octanol–water partition coefficient (Wildman–Crippen LogP) is 1.78. The van der Waals surface area contributed by atoms with Crippen LogP contribution in [0.25, 0.3) is 0 Å². The van der Waals surface area contributed by atoms with E-state index in [1.165, 1.54) is 17.3 Å². The van der Waals surface area contributed by atoms with Crippen molar-refractivity contribution in [2.45, 2.75) is 36.5 Å². The van der Waals surface area contributed by atoms with Crippen LogP contribution in [0.2, 0.25) is 0 Å². The SMILES string of the molecule is Cc1ccc(S[C@H](C)C(=O)N[C@@H]2CCS(=O)(=O)C2)cc1. The van der Waals surface area contributed by atoms with Gasteiger partial charge in [0.1, 0.15) is 0 Å². The molecule has 2 rings (SSSR count). The van der Waals surface area contributed by atoms with Gasteiger partial charge in [-0.1, -0.05) is 17.7 Å². The molecule has 1 saturated heterocycles. The summed E-state index contributed by atoms with van der Waals surface area (Å²) >= 11 is 1.48. The van der Waals surface area contributed by atoms with Crippen LogP contribution in [0.4, 0.5) is 0 Å². The topological polar surface area (TPSA) is 63.2 Å². The fraction of sp³-hybridized carbons (Fsp3) is 0.500. The van der Waals surface area contributed by atoms with Gasteiger partial charge in [-0.3, -0.25) is 4.79 Å².